The lowest BCUT2D eigenvalue weighted by Crippen LogP contribution is -2.08. The first kappa shape index (κ1) is 20.4. The molecule has 0 N–H and O–H groups in total. The van der Waals surface area contributed by atoms with Crippen LogP contribution in [0.5, 0.6) is 11.6 Å². The van der Waals surface area contributed by atoms with Crippen LogP contribution < -0.4 is 9.47 Å². The van der Waals surface area contributed by atoms with Crippen LogP contribution >= 0.6 is 23.2 Å². The summed E-state index contributed by atoms with van der Waals surface area (Å²) in [7, 11) is 3.14. The summed E-state index contributed by atoms with van der Waals surface area (Å²) in [6, 6.07) is 14.4. The van der Waals surface area contributed by atoms with Gasteiger partial charge in [0, 0.05) is 19.0 Å². The Kier molecular flexibility index (Phi) is 6.42. The Labute approximate surface area is 171 Å². The molecule has 2 aromatic carbocycles. The van der Waals surface area contributed by atoms with E-state index in [9.17, 15) is 8.78 Å². The van der Waals surface area contributed by atoms with Gasteiger partial charge in [0.05, 0.1) is 22.8 Å². The molecule has 0 fully saturated rings. The third-order valence-corrected chi connectivity index (χ3v) is 5.25. The average molecular weight is 427 g/mol. The van der Waals surface area contributed by atoms with Crippen LogP contribution in [0.3, 0.4) is 0 Å². The van der Waals surface area contributed by atoms with Gasteiger partial charge in [0.25, 0.3) is 0 Å². The third kappa shape index (κ3) is 4.56. The highest BCUT2D eigenvalue weighted by Gasteiger charge is 2.22. The summed E-state index contributed by atoms with van der Waals surface area (Å²) in [5.41, 5.74) is 2.34. The van der Waals surface area contributed by atoms with Gasteiger partial charge in [0.1, 0.15) is 5.75 Å². The molecule has 8 heteroatoms. The maximum Gasteiger partial charge on any atom is 0.388 e. The zero-order chi connectivity index (χ0) is 20.3. The molecule has 0 aliphatic carbocycles. The predicted octanol–water partition coefficient (Wildman–Crippen LogP) is 5.71. The van der Waals surface area contributed by atoms with Crippen molar-refractivity contribution in [2.24, 2.45) is 7.05 Å². The highest BCUT2D eigenvalue weighted by atomic mass is 35.5. The van der Waals surface area contributed by atoms with Gasteiger partial charge in [-0.3, -0.25) is 0 Å². The third-order valence-electron chi connectivity index (χ3n) is 4.40. The quantitative estimate of drug-likeness (QED) is 0.485. The summed E-state index contributed by atoms with van der Waals surface area (Å²) in [4.78, 5) is 0. The standard InChI is InChI=1S/C20H18Cl2F2N2O2/c1-26-18(28-20(23)24)11-17(25-26)15(12-6-8-14(27-2)9-7-12)10-13-4-3-5-16(21)19(13)22/h3-9,11,15,20H,10H2,1-2H3. The zero-order valence-corrected chi connectivity index (χ0v) is 16.7. The summed E-state index contributed by atoms with van der Waals surface area (Å²) < 4.78 is 36.3. The molecule has 1 atom stereocenters. The van der Waals surface area contributed by atoms with Gasteiger partial charge >= 0.3 is 6.61 Å². The lowest BCUT2D eigenvalue weighted by Gasteiger charge is -2.17. The number of alkyl halides is 2. The minimum atomic E-state index is -2.93. The number of aromatic nitrogens is 2. The fraction of sp³-hybridized carbons (Fsp3) is 0.250. The summed E-state index contributed by atoms with van der Waals surface area (Å²) in [5.74, 6) is 0.454. The highest BCUT2D eigenvalue weighted by molar-refractivity contribution is 6.42. The van der Waals surface area contributed by atoms with Gasteiger partial charge in [0.15, 0.2) is 0 Å². The molecule has 4 nitrogen and oxygen atoms in total. The number of benzene rings is 2. The van der Waals surface area contributed by atoms with E-state index in [1.54, 1.807) is 20.2 Å². The molecule has 1 aromatic heterocycles. The molecule has 148 valence electrons. The molecule has 0 radical (unpaired) electrons. The highest BCUT2D eigenvalue weighted by Crippen LogP contribution is 2.35. The van der Waals surface area contributed by atoms with Gasteiger partial charge in [-0.15, -0.1) is 0 Å². The number of hydrogen-bond donors (Lipinski definition) is 0. The Balaban J connectivity index is 2.02. The number of aryl methyl sites for hydroxylation is 1. The lowest BCUT2D eigenvalue weighted by atomic mass is 9.89. The Morgan fingerprint density at radius 1 is 1.11 bits per heavy atom. The van der Waals surface area contributed by atoms with Crippen LogP contribution in [0.2, 0.25) is 10.0 Å². The molecule has 0 amide bonds. The first-order valence-corrected chi connectivity index (χ1v) is 9.20. The monoisotopic (exact) mass is 426 g/mol. The molecular weight excluding hydrogens is 409 g/mol. The van der Waals surface area contributed by atoms with Crippen molar-refractivity contribution < 1.29 is 18.3 Å². The van der Waals surface area contributed by atoms with Crippen molar-refractivity contribution in [3.8, 4) is 11.6 Å². The number of methoxy groups -OCH3 is 1. The molecule has 1 heterocycles. The van der Waals surface area contributed by atoms with Crippen molar-refractivity contribution >= 4 is 23.2 Å². The normalized spacial score (nSPS) is 12.2. The van der Waals surface area contributed by atoms with Gasteiger partial charge in [0.2, 0.25) is 5.88 Å². The predicted molar refractivity (Wildman–Crippen MR) is 105 cm³/mol. The van der Waals surface area contributed by atoms with E-state index in [1.165, 1.54) is 10.7 Å². The number of halogens is 4. The van der Waals surface area contributed by atoms with Crippen LogP contribution in [0.4, 0.5) is 8.78 Å². The van der Waals surface area contributed by atoms with Crippen LogP contribution in [0.1, 0.15) is 22.7 Å². The number of hydrogen-bond acceptors (Lipinski definition) is 3. The topological polar surface area (TPSA) is 36.3 Å². The Morgan fingerprint density at radius 2 is 1.82 bits per heavy atom. The van der Waals surface area contributed by atoms with Crippen LogP contribution in [0.15, 0.2) is 48.5 Å². The molecule has 3 rings (SSSR count). The molecule has 3 aromatic rings. The van der Waals surface area contributed by atoms with Gasteiger partial charge in [-0.05, 0) is 35.7 Å². The maximum atomic E-state index is 12.7. The molecule has 0 saturated heterocycles. The van der Waals surface area contributed by atoms with Crippen molar-refractivity contribution in [3.63, 3.8) is 0 Å². The van der Waals surface area contributed by atoms with Gasteiger partial charge in [-0.1, -0.05) is 47.5 Å². The van der Waals surface area contributed by atoms with E-state index in [0.717, 1.165) is 11.1 Å². The number of ether oxygens (including phenoxy) is 2. The van der Waals surface area contributed by atoms with E-state index in [4.69, 9.17) is 27.9 Å². The minimum absolute atomic E-state index is 0.0132. The van der Waals surface area contributed by atoms with Crippen molar-refractivity contribution in [3.05, 3.63) is 75.4 Å². The Bertz CT molecular complexity index is 946. The van der Waals surface area contributed by atoms with E-state index < -0.39 is 6.61 Å². The maximum absolute atomic E-state index is 12.7. The average Bonchev–Trinajstić information content (AvgIpc) is 3.02. The summed E-state index contributed by atoms with van der Waals surface area (Å²) in [5, 5.41) is 5.30. The SMILES string of the molecule is COc1ccc(C(Cc2cccc(Cl)c2Cl)c2cc(OC(F)F)n(C)n2)cc1. The van der Waals surface area contributed by atoms with Crippen molar-refractivity contribution in [2.75, 3.05) is 7.11 Å². The second-order valence-electron chi connectivity index (χ2n) is 6.15. The first-order valence-electron chi connectivity index (χ1n) is 8.44. The fourth-order valence-corrected chi connectivity index (χ4v) is 3.40. The van der Waals surface area contributed by atoms with Crippen LogP contribution in [0, 0.1) is 0 Å². The molecule has 28 heavy (non-hydrogen) atoms. The van der Waals surface area contributed by atoms with Crippen LogP contribution in [-0.4, -0.2) is 23.5 Å². The van der Waals surface area contributed by atoms with Crippen molar-refractivity contribution in [1.82, 2.24) is 9.78 Å². The van der Waals surface area contributed by atoms with Gasteiger partial charge in [-0.2, -0.15) is 13.9 Å². The van der Waals surface area contributed by atoms with E-state index in [2.05, 4.69) is 9.84 Å². The summed E-state index contributed by atoms with van der Waals surface area (Å²) >= 11 is 12.5. The lowest BCUT2D eigenvalue weighted by molar-refractivity contribution is -0.0553. The molecule has 0 bridgehead atoms. The molecule has 0 aliphatic rings. The van der Waals surface area contributed by atoms with E-state index in [-0.39, 0.29) is 11.8 Å². The molecule has 0 spiro atoms. The zero-order valence-electron chi connectivity index (χ0n) is 15.2. The second kappa shape index (κ2) is 8.80. The number of rotatable bonds is 7. The van der Waals surface area contributed by atoms with Gasteiger partial charge < -0.3 is 9.47 Å². The van der Waals surface area contributed by atoms with Gasteiger partial charge in [-0.25, -0.2) is 4.68 Å². The van der Waals surface area contributed by atoms with Crippen molar-refractivity contribution in [1.29, 1.82) is 0 Å². The fourth-order valence-electron chi connectivity index (χ4n) is 3.00. The number of nitrogens with zero attached hydrogens (tertiary/aromatic N) is 2. The minimum Gasteiger partial charge on any atom is -0.497 e. The molecule has 0 saturated carbocycles. The second-order valence-corrected chi connectivity index (χ2v) is 6.94. The van der Waals surface area contributed by atoms with Crippen molar-refractivity contribution in [2.45, 2.75) is 19.0 Å². The summed E-state index contributed by atoms with van der Waals surface area (Å²) in [6.07, 6.45) is 0.483. The largest absolute Gasteiger partial charge is 0.497 e. The molecule has 1 unspecified atom stereocenters. The summed E-state index contributed by atoms with van der Waals surface area (Å²) in [6.45, 7) is -2.93. The van der Waals surface area contributed by atoms with Crippen LogP contribution in [0.25, 0.3) is 0 Å². The van der Waals surface area contributed by atoms with E-state index >= 15 is 0 Å². The van der Waals surface area contributed by atoms with E-state index in [1.807, 2.05) is 36.4 Å². The Morgan fingerprint density at radius 3 is 2.46 bits per heavy atom. The first-order chi connectivity index (χ1) is 13.4. The van der Waals surface area contributed by atoms with Crippen LogP contribution in [-0.2, 0) is 13.5 Å². The smallest absolute Gasteiger partial charge is 0.388 e. The Hall–Kier alpha value is -2.31. The molecule has 0 aliphatic heterocycles. The van der Waals surface area contributed by atoms with E-state index in [0.29, 0.717) is 27.9 Å². The molecular formula is C20H18Cl2F2N2O2.